The minimum atomic E-state index is -0.226. The topological polar surface area (TPSA) is 69.7 Å². The van der Waals surface area contributed by atoms with Crippen LogP contribution in [-0.2, 0) is 9.59 Å². The first-order chi connectivity index (χ1) is 10.1. The molecule has 0 radical (unpaired) electrons. The SMILES string of the molecule is CC1CCN(C(=O)NCCCCCN2C(=O)C=CC2=O)C1. The molecule has 1 atom stereocenters. The van der Waals surface area contributed by atoms with Crippen LogP contribution in [0.5, 0.6) is 0 Å². The molecule has 0 aromatic heterocycles. The number of carbonyl (C=O) groups excluding carboxylic acids is 3. The second kappa shape index (κ2) is 7.24. The summed E-state index contributed by atoms with van der Waals surface area (Å²) in [5.74, 6) is 0.146. The predicted molar refractivity (Wildman–Crippen MR) is 78.5 cm³/mol. The number of rotatable bonds is 6. The highest BCUT2D eigenvalue weighted by molar-refractivity contribution is 6.12. The van der Waals surface area contributed by atoms with Crippen LogP contribution in [0.25, 0.3) is 0 Å². The van der Waals surface area contributed by atoms with Gasteiger partial charge in [0.05, 0.1) is 0 Å². The number of unbranched alkanes of at least 4 members (excludes halogenated alkanes) is 2. The number of imide groups is 1. The van der Waals surface area contributed by atoms with Gasteiger partial charge in [-0.3, -0.25) is 14.5 Å². The fourth-order valence-corrected chi connectivity index (χ4v) is 2.65. The molecule has 116 valence electrons. The van der Waals surface area contributed by atoms with Crippen molar-refractivity contribution in [2.45, 2.75) is 32.6 Å². The molecule has 0 bridgehead atoms. The van der Waals surface area contributed by atoms with E-state index in [0.29, 0.717) is 19.0 Å². The second-order valence-electron chi connectivity index (χ2n) is 5.79. The first-order valence-electron chi connectivity index (χ1n) is 7.64. The van der Waals surface area contributed by atoms with Gasteiger partial charge < -0.3 is 10.2 Å². The highest BCUT2D eigenvalue weighted by atomic mass is 16.2. The normalized spacial score (nSPS) is 21.5. The van der Waals surface area contributed by atoms with Crippen molar-refractivity contribution in [1.82, 2.24) is 15.1 Å². The summed E-state index contributed by atoms with van der Waals surface area (Å²) < 4.78 is 0. The third kappa shape index (κ3) is 4.31. The molecule has 0 aromatic rings. The van der Waals surface area contributed by atoms with Gasteiger partial charge in [0, 0.05) is 38.3 Å². The van der Waals surface area contributed by atoms with E-state index in [1.54, 1.807) is 0 Å². The van der Waals surface area contributed by atoms with Crippen molar-refractivity contribution in [3.63, 3.8) is 0 Å². The zero-order chi connectivity index (χ0) is 15.2. The van der Waals surface area contributed by atoms with E-state index in [1.807, 2.05) is 4.90 Å². The van der Waals surface area contributed by atoms with Crippen molar-refractivity contribution in [1.29, 1.82) is 0 Å². The second-order valence-corrected chi connectivity index (χ2v) is 5.79. The molecule has 6 nitrogen and oxygen atoms in total. The molecule has 2 aliphatic heterocycles. The lowest BCUT2D eigenvalue weighted by Crippen LogP contribution is -2.38. The average Bonchev–Trinajstić information content (AvgIpc) is 3.02. The van der Waals surface area contributed by atoms with Gasteiger partial charge in [0.15, 0.2) is 0 Å². The van der Waals surface area contributed by atoms with E-state index in [4.69, 9.17) is 0 Å². The van der Waals surface area contributed by atoms with Crippen LogP contribution >= 0.6 is 0 Å². The van der Waals surface area contributed by atoms with E-state index >= 15 is 0 Å². The van der Waals surface area contributed by atoms with Crippen molar-refractivity contribution in [2.75, 3.05) is 26.2 Å². The Balaban J connectivity index is 1.51. The number of amides is 4. The van der Waals surface area contributed by atoms with E-state index in [-0.39, 0.29) is 17.8 Å². The van der Waals surface area contributed by atoms with Gasteiger partial charge in [-0.2, -0.15) is 0 Å². The first kappa shape index (κ1) is 15.5. The molecular formula is C15H23N3O3. The molecule has 1 saturated heterocycles. The van der Waals surface area contributed by atoms with Crippen LogP contribution in [-0.4, -0.2) is 53.8 Å². The quantitative estimate of drug-likeness (QED) is 0.589. The van der Waals surface area contributed by atoms with Gasteiger partial charge in [-0.1, -0.05) is 6.92 Å². The molecule has 0 aromatic carbocycles. The summed E-state index contributed by atoms with van der Waals surface area (Å²) in [5, 5.41) is 2.92. The summed E-state index contributed by atoms with van der Waals surface area (Å²) in [6.45, 7) is 4.95. The van der Waals surface area contributed by atoms with Crippen LogP contribution in [0.3, 0.4) is 0 Å². The Morgan fingerprint density at radius 2 is 1.95 bits per heavy atom. The van der Waals surface area contributed by atoms with Crippen molar-refractivity contribution in [3.05, 3.63) is 12.2 Å². The molecule has 21 heavy (non-hydrogen) atoms. The smallest absolute Gasteiger partial charge is 0.317 e. The Bertz CT molecular complexity index is 429. The molecule has 0 spiro atoms. The highest BCUT2D eigenvalue weighted by Gasteiger charge is 2.23. The highest BCUT2D eigenvalue weighted by Crippen LogP contribution is 2.14. The number of likely N-dealkylation sites (tertiary alicyclic amines) is 1. The lowest BCUT2D eigenvalue weighted by atomic mass is 10.2. The molecule has 1 unspecified atom stereocenters. The van der Waals surface area contributed by atoms with Crippen molar-refractivity contribution < 1.29 is 14.4 Å². The average molecular weight is 293 g/mol. The number of nitrogens with zero attached hydrogens (tertiary/aromatic N) is 2. The van der Waals surface area contributed by atoms with Gasteiger partial charge in [0.1, 0.15) is 0 Å². The summed E-state index contributed by atoms with van der Waals surface area (Å²) in [6, 6.07) is 0.0217. The monoisotopic (exact) mass is 293 g/mol. The number of nitrogens with one attached hydrogen (secondary N) is 1. The van der Waals surface area contributed by atoms with Crippen LogP contribution in [0.2, 0.25) is 0 Å². The summed E-state index contributed by atoms with van der Waals surface area (Å²) in [6.07, 6.45) is 6.21. The largest absolute Gasteiger partial charge is 0.338 e. The summed E-state index contributed by atoms with van der Waals surface area (Å²) >= 11 is 0. The van der Waals surface area contributed by atoms with Gasteiger partial charge in [0.2, 0.25) is 0 Å². The fourth-order valence-electron chi connectivity index (χ4n) is 2.65. The maximum atomic E-state index is 11.8. The number of hydrogen-bond donors (Lipinski definition) is 1. The van der Waals surface area contributed by atoms with E-state index < -0.39 is 0 Å². The zero-order valence-electron chi connectivity index (χ0n) is 12.5. The molecule has 2 rings (SSSR count). The molecule has 6 heteroatoms. The fraction of sp³-hybridized carbons (Fsp3) is 0.667. The predicted octanol–water partition coefficient (Wildman–Crippen LogP) is 1.13. The summed E-state index contributed by atoms with van der Waals surface area (Å²) in [4.78, 5) is 37.6. The Hall–Kier alpha value is -1.85. The van der Waals surface area contributed by atoms with Crippen LogP contribution in [0.15, 0.2) is 12.2 Å². The summed E-state index contributed by atoms with van der Waals surface area (Å²) in [7, 11) is 0. The van der Waals surface area contributed by atoms with Gasteiger partial charge in [-0.05, 0) is 31.6 Å². The lowest BCUT2D eigenvalue weighted by Gasteiger charge is -2.17. The zero-order valence-corrected chi connectivity index (χ0v) is 12.5. The van der Waals surface area contributed by atoms with Gasteiger partial charge in [0.25, 0.3) is 11.8 Å². The summed E-state index contributed by atoms with van der Waals surface area (Å²) in [5.41, 5.74) is 0. The molecular weight excluding hydrogens is 270 g/mol. The third-order valence-corrected chi connectivity index (χ3v) is 3.95. The molecule has 1 N–H and O–H groups in total. The molecule has 2 aliphatic rings. The molecule has 4 amide bonds. The maximum absolute atomic E-state index is 11.8. The minimum absolute atomic E-state index is 0.0217. The van der Waals surface area contributed by atoms with Crippen molar-refractivity contribution >= 4 is 17.8 Å². The molecule has 1 fully saturated rings. The lowest BCUT2D eigenvalue weighted by molar-refractivity contribution is -0.136. The first-order valence-corrected chi connectivity index (χ1v) is 7.64. The molecule has 0 saturated carbocycles. The van der Waals surface area contributed by atoms with Gasteiger partial charge in [-0.15, -0.1) is 0 Å². The van der Waals surface area contributed by atoms with Crippen molar-refractivity contribution in [3.8, 4) is 0 Å². The van der Waals surface area contributed by atoms with E-state index in [0.717, 1.165) is 38.8 Å². The van der Waals surface area contributed by atoms with Crippen LogP contribution in [0, 0.1) is 5.92 Å². The Morgan fingerprint density at radius 1 is 1.24 bits per heavy atom. The maximum Gasteiger partial charge on any atom is 0.317 e. The van der Waals surface area contributed by atoms with Crippen LogP contribution in [0.4, 0.5) is 4.79 Å². The van der Waals surface area contributed by atoms with E-state index in [9.17, 15) is 14.4 Å². The van der Waals surface area contributed by atoms with Gasteiger partial charge >= 0.3 is 6.03 Å². The van der Waals surface area contributed by atoms with Crippen molar-refractivity contribution in [2.24, 2.45) is 5.92 Å². The molecule has 2 heterocycles. The number of hydrogen-bond acceptors (Lipinski definition) is 3. The van der Waals surface area contributed by atoms with Gasteiger partial charge in [-0.25, -0.2) is 4.79 Å². The Morgan fingerprint density at radius 3 is 2.57 bits per heavy atom. The van der Waals surface area contributed by atoms with Crippen LogP contribution in [0.1, 0.15) is 32.6 Å². The standard InChI is InChI=1S/C15H23N3O3/c1-12-7-10-17(11-12)15(21)16-8-3-2-4-9-18-13(19)5-6-14(18)20/h5-6,12H,2-4,7-11H2,1H3,(H,16,21). The minimum Gasteiger partial charge on any atom is -0.338 e. The molecule has 0 aliphatic carbocycles. The van der Waals surface area contributed by atoms with E-state index in [2.05, 4.69) is 12.2 Å². The number of urea groups is 1. The third-order valence-electron chi connectivity index (χ3n) is 3.95. The van der Waals surface area contributed by atoms with Crippen LogP contribution < -0.4 is 5.32 Å². The number of carbonyl (C=O) groups is 3. The Labute approximate surface area is 125 Å². The Kier molecular flexibility index (Phi) is 5.36. The van der Waals surface area contributed by atoms with E-state index in [1.165, 1.54) is 17.1 Å².